The first-order valence-electron chi connectivity index (χ1n) is 7.37. The van der Waals surface area contributed by atoms with Crippen LogP contribution in [0.1, 0.15) is 20.8 Å². The Hall–Kier alpha value is -2.02. The number of nitrogens with zero attached hydrogens (tertiary/aromatic N) is 1. The van der Waals surface area contributed by atoms with Gasteiger partial charge >= 0.3 is 0 Å². The molecule has 0 radical (unpaired) electrons. The molecule has 0 bridgehead atoms. The number of hydrogen-bond donors (Lipinski definition) is 2. The molecule has 8 heteroatoms. The number of carbonyl (C=O) groups excluding carboxylic acids is 2. The molecule has 1 aliphatic heterocycles. The van der Waals surface area contributed by atoms with Gasteiger partial charge in [-0.1, -0.05) is 29.3 Å². The van der Waals surface area contributed by atoms with Crippen LogP contribution in [0, 0.1) is 0 Å². The predicted octanol–water partition coefficient (Wildman–Crippen LogP) is 3.05. The number of aromatic amines is 1. The maximum absolute atomic E-state index is 12.5. The van der Waals surface area contributed by atoms with Crippen molar-refractivity contribution in [3.05, 3.63) is 51.8 Å². The number of morpholine rings is 1. The summed E-state index contributed by atoms with van der Waals surface area (Å²) in [5, 5.41) is 3.20. The SMILES string of the molecule is O=C(Nc1cccc(C(=O)N2CCOCC2)c1)c1cc(Cl)c(Cl)[nH]1. The van der Waals surface area contributed by atoms with E-state index in [4.69, 9.17) is 27.9 Å². The number of rotatable bonds is 3. The lowest BCUT2D eigenvalue weighted by Gasteiger charge is -2.27. The van der Waals surface area contributed by atoms with E-state index < -0.39 is 0 Å². The molecule has 0 aliphatic carbocycles. The van der Waals surface area contributed by atoms with Gasteiger partial charge in [-0.2, -0.15) is 0 Å². The highest BCUT2D eigenvalue weighted by Crippen LogP contribution is 2.22. The van der Waals surface area contributed by atoms with Gasteiger partial charge in [0.25, 0.3) is 11.8 Å². The fourth-order valence-corrected chi connectivity index (χ4v) is 2.72. The molecule has 3 rings (SSSR count). The second kappa shape index (κ2) is 7.25. The Morgan fingerprint density at radius 3 is 2.58 bits per heavy atom. The molecular formula is C16H15Cl2N3O3. The summed E-state index contributed by atoms with van der Waals surface area (Å²) >= 11 is 11.6. The summed E-state index contributed by atoms with van der Waals surface area (Å²) < 4.78 is 5.25. The number of nitrogens with one attached hydrogen (secondary N) is 2. The Morgan fingerprint density at radius 1 is 1.17 bits per heavy atom. The van der Waals surface area contributed by atoms with Crippen LogP contribution < -0.4 is 5.32 Å². The molecule has 0 unspecified atom stereocenters. The fraction of sp³-hybridized carbons (Fsp3) is 0.250. The molecule has 24 heavy (non-hydrogen) atoms. The second-order valence-corrected chi connectivity index (χ2v) is 6.07. The number of aromatic nitrogens is 1. The Balaban J connectivity index is 1.72. The van der Waals surface area contributed by atoms with E-state index in [1.807, 2.05) is 0 Å². The van der Waals surface area contributed by atoms with Crippen LogP contribution in [0.25, 0.3) is 0 Å². The second-order valence-electron chi connectivity index (χ2n) is 5.28. The van der Waals surface area contributed by atoms with Crippen molar-refractivity contribution in [2.24, 2.45) is 0 Å². The summed E-state index contributed by atoms with van der Waals surface area (Å²) in [5.41, 5.74) is 1.27. The molecule has 2 amide bonds. The smallest absolute Gasteiger partial charge is 0.272 e. The minimum Gasteiger partial charge on any atom is -0.378 e. The van der Waals surface area contributed by atoms with Crippen molar-refractivity contribution >= 4 is 40.7 Å². The lowest BCUT2D eigenvalue weighted by Crippen LogP contribution is -2.40. The minimum absolute atomic E-state index is 0.0830. The molecule has 2 heterocycles. The largest absolute Gasteiger partial charge is 0.378 e. The van der Waals surface area contributed by atoms with Crippen LogP contribution in [0.3, 0.4) is 0 Å². The number of ether oxygens (including phenoxy) is 1. The molecule has 1 aromatic carbocycles. The Bertz CT molecular complexity index is 750. The van der Waals surface area contributed by atoms with E-state index in [-0.39, 0.29) is 27.7 Å². The number of hydrogen-bond acceptors (Lipinski definition) is 3. The summed E-state index contributed by atoms with van der Waals surface area (Å²) in [6.45, 7) is 2.21. The van der Waals surface area contributed by atoms with Crippen molar-refractivity contribution in [2.45, 2.75) is 0 Å². The predicted molar refractivity (Wildman–Crippen MR) is 91.9 cm³/mol. The number of H-pyrrole nitrogens is 1. The van der Waals surface area contributed by atoms with E-state index in [2.05, 4.69) is 10.3 Å². The first-order valence-corrected chi connectivity index (χ1v) is 8.12. The molecular weight excluding hydrogens is 353 g/mol. The van der Waals surface area contributed by atoms with Gasteiger partial charge in [-0.05, 0) is 24.3 Å². The molecule has 2 aromatic rings. The fourth-order valence-electron chi connectivity index (χ4n) is 2.40. The van der Waals surface area contributed by atoms with Gasteiger partial charge in [0.05, 0.1) is 18.2 Å². The molecule has 1 fully saturated rings. The highest BCUT2D eigenvalue weighted by Gasteiger charge is 2.19. The number of carbonyl (C=O) groups is 2. The molecule has 6 nitrogen and oxygen atoms in total. The van der Waals surface area contributed by atoms with Gasteiger partial charge < -0.3 is 19.9 Å². The van der Waals surface area contributed by atoms with Gasteiger partial charge in [0.1, 0.15) is 10.8 Å². The zero-order valence-corrected chi connectivity index (χ0v) is 14.2. The van der Waals surface area contributed by atoms with Gasteiger partial charge in [-0.15, -0.1) is 0 Å². The third-order valence-electron chi connectivity index (χ3n) is 3.64. The van der Waals surface area contributed by atoms with Crippen LogP contribution in [0.5, 0.6) is 0 Å². The summed E-state index contributed by atoms with van der Waals surface area (Å²) in [5.74, 6) is -0.472. The molecule has 1 saturated heterocycles. The Morgan fingerprint density at radius 2 is 1.92 bits per heavy atom. The zero-order valence-electron chi connectivity index (χ0n) is 12.6. The highest BCUT2D eigenvalue weighted by atomic mass is 35.5. The van der Waals surface area contributed by atoms with E-state index in [0.717, 1.165) is 0 Å². The molecule has 1 aliphatic rings. The summed E-state index contributed by atoms with van der Waals surface area (Å²) in [4.78, 5) is 29.1. The maximum atomic E-state index is 12.5. The van der Waals surface area contributed by atoms with Crippen LogP contribution >= 0.6 is 23.2 Å². The first-order chi connectivity index (χ1) is 11.5. The molecule has 1 aromatic heterocycles. The summed E-state index contributed by atoms with van der Waals surface area (Å²) in [7, 11) is 0. The quantitative estimate of drug-likeness (QED) is 0.875. The molecule has 0 spiro atoms. The lowest BCUT2D eigenvalue weighted by atomic mass is 10.1. The molecule has 0 saturated carbocycles. The third kappa shape index (κ3) is 3.72. The molecule has 0 atom stereocenters. The topological polar surface area (TPSA) is 74.4 Å². The van der Waals surface area contributed by atoms with E-state index in [0.29, 0.717) is 37.6 Å². The van der Waals surface area contributed by atoms with Gasteiger partial charge in [-0.3, -0.25) is 9.59 Å². The van der Waals surface area contributed by atoms with Crippen molar-refractivity contribution in [3.63, 3.8) is 0 Å². The number of amides is 2. The van der Waals surface area contributed by atoms with Crippen molar-refractivity contribution in [1.82, 2.24) is 9.88 Å². The van der Waals surface area contributed by atoms with Crippen molar-refractivity contribution in [2.75, 3.05) is 31.6 Å². The molecule has 126 valence electrons. The number of halogens is 2. The van der Waals surface area contributed by atoms with Crippen LogP contribution in [-0.4, -0.2) is 48.0 Å². The summed E-state index contributed by atoms with van der Waals surface area (Å²) in [6.07, 6.45) is 0. The van der Waals surface area contributed by atoms with Crippen LogP contribution in [0.15, 0.2) is 30.3 Å². The standard InChI is InChI=1S/C16H15Cl2N3O3/c17-12-9-13(20-14(12)18)15(22)19-11-3-1-2-10(8-11)16(23)21-4-6-24-7-5-21/h1-3,8-9,20H,4-7H2,(H,19,22). The summed E-state index contributed by atoms with van der Waals surface area (Å²) in [6, 6.07) is 8.23. The zero-order chi connectivity index (χ0) is 17.1. The average Bonchev–Trinajstić information content (AvgIpc) is 2.94. The van der Waals surface area contributed by atoms with Crippen LogP contribution in [0.4, 0.5) is 5.69 Å². The first kappa shape index (κ1) is 16.8. The Kier molecular flexibility index (Phi) is 5.08. The van der Waals surface area contributed by atoms with Crippen molar-refractivity contribution in [1.29, 1.82) is 0 Å². The average molecular weight is 368 g/mol. The van der Waals surface area contributed by atoms with Gasteiger partial charge in [0.2, 0.25) is 0 Å². The van der Waals surface area contributed by atoms with Gasteiger partial charge in [0.15, 0.2) is 0 Å². The number of benzene rings is 1. The van der Waals surface area contributed by atoms with E-state index in [9.17, 15) is 9.59 Å². The van der Waals surface area contributed by atoms with Gasteiger partial charge in [0, 0.05) is 24.3 Å². The highest BCUT2D eigenvalue weighted by molar-refractivity contribution is 6.41. The Labute approximate surface area is 148 Å². The maximum Gasteiger partial charge on any atom is 0.272 e. The van der Waals surface area contributed by atoms with Crippen molar-refractivity contribution in [3.8, 4) is 0 Å². The molecule has 2 N–H and O–H groups in total. The van der Waals surface area contributed by atoms with E-state index in [1.54, 1.807) is 29.2 Å². The van der Waals surface area contributed by atoms with Crippen molar-refractivity contribution < 1.29 is 14.3 Å². The van der Waals surface area contributed by atoms with E-state index in [1.165, 1.54) is 6.07 Å². The van der Waals surface area contributed by atoms with Crippen LogP contribution in [0.2, 0.25) is 10.2 Å². The van der Waals surface area contributed by atoms with E-state index >= 15 is 0 Å². The number of anilines is 1. The normalized spacial score (nSPS) is 14.5. The van der Waals surface area contributed by atoms with Crippen LogP contribution in [-0.2, 0) is 4.74 Å². The van der Waals surface area contributed by atoms with Gasteiger partial charge in [-0.25, -0.2) is 0 Å². The monoisotopic (exact) mass is 367 g/mol. The lowest BCUT2D eigenvalue weighted by molar-refractivity contribution is 0.0303. The minimum atomic E-state index is -0.389. The third-order valence-corrected chi connectivity index (χ3v) is 4.33.